The molecule has 2 aromatic carbocycles. The van der Waals surface area contributed by atoms with E-state index in [0.29, 0.717) is 29.4 Å². The predicted molar refractivity (Wildman–Crippen MR) is 113 cm³/mol. The van der Waals surface area contributed by atoms with E-state index < -0.39 is 12.0 Å². The molecule has 0 aliphatic rings. The van der Waals surface area contributed by atoms with Gasteiger partial charge >= 0.3 is 5.97 Å². The monoisotopic (exact) mass is 415 g/mol. The molecule has 0 saturated heterocycles. The highest BCUT2D eigenvalue weighted by molar-refractivity contribution is 5.95. The quantitative estimate of drug-likeness (QED) is 0.593. The van der Waals surface area contributed by atoms with Crippen LogP contribution in [0.5, 0.6) is 17.2 Å². The van der Waals surface area contributed by atoms with Crippen LogP contribution in [0.1, 0.15) is 49.2 Å². The molecular formula is C23H29NO6. The van der Waals surface area contributed by atoms with E-state index in [4.69, 9.17) is 18.9 Å². The minimum absolute atomic E-state index is 0.00438. The van der Waals surface area contributed by atoms with Gasteiger partial charge in [0.1, 0.15) is 5.75 Å². The van der Waals surface area contributed by atoms with Gasteiger partial charge in [-0.05, 0) is 56.7 Å². The lowest BCUT2D eigenvalue weighted by molar-refractivity contribution is -0.147. The SMILES string of the molecule is CCOc1ccc(C(=O)NC(CC(=O)OC(C)C)c2ccc(OC)cc2)cc1OC. The molecule has 1 amide bonds. The Kier molecular flexibility index (Phi) is 8.53. The number of carbonyl (C=O) groups excluding carboxylic acids is 2. The zero-order valence-electron chi connectivity index (χ0n) is 18.1. The summed E-state index contributed by atoms with van der Waals surface area (Å²) >= 11 is 0. The van der Waals surface area contributed by atoms with Gasteiger partial charge in [0.15, 0.2) is 11.5 Å². The van der Waals surface area contributed by atoms with E-state index in [1.165, 1.54) is 7.11 Å². The number of amides is 1. The Morgan fingerprint density at radius 3 is 2.23 bits per heavy atom. The maximum Gasteiger partial charge on any atom is 0.308 e. The molecule has 7 heteroatoms. The van der Waals surface area contributed by atoms with Crippen LogP contribution in [0.4, 0.5) is 0 Å². The second kappa shape index (κ2) is 11.1. The summed E-state index contributed by atoms with van der Waals surface area (Å²) in [5.74, 6) is 0.975. The van der Waals surface area contributed by atoms with Crippen LogP contribution >= 0.6 is 0 Å². The molecule has 0 bridgehead atoms. The summed E-state index contributed by atoms with van der Waals surface area (Å²) in [6, 6.07) is 11.6. The molecule has 0 fully saturated rings. The van der Waals surface area contributed by atoms with Gasteiger partial charge in [-0.1, -0.05) is 12.1 Å². The Hall–Kier alpha value is -3.22. The van der Waals surface area contributed by atoms with Crippen molar-refractivity contribution in [1.82, 2.24) is 5.32 Å². The topological polar surface area (TPSA) is 83.1 Å². The lowest BCUT2D eigenvalue weighted by Crippen LogP contribution is -2.31. The second-order valence-electron chi connectivity index (χ2n) is 6.84. The third-order valence-electron chi connectivity index (χ3n) is 4.29. The molecule has 0 radical (unpaired) electrons. The first-order chi connectivity index (χ1) is 14.4. The molecular weight excluding hydrogens is 386 g/mol. The van der Waals surface area contributed by atoms with Crippen LogP contribution in [0.25, 0.3) is 0 Å². The first-order valence-electron chi connectivity index (χ1n) is 9.83. The molecule has 30 heavy (non-hydrogen) atoms. The van der Waals surface area contributed by atoms with Crippen LogP contribution in [-0.2, 0) is 9.53 Å². The van der Waals surface area contributed by atoms with Crippen LogP contribution in [0.15, 0.2) is 42.5 Å². The minimum Gasteiger partial charge on any atom is -0.497 e. The van der Waals surface area contributed by atoms with E-state index in [2.05, 4.69) is 5.32 Å². The highest BCUT2D eigenvalue weighted by atomic mass is 16.5. The summed E-state index contributed by atoms with van der Waals surface area (Å²) in [5.41, 5.74) is 1.16. The van der Waals surface area contributed by atoms with Gasteiger partial charge in [0.25, 0.3) is 5.91 Å². The maximum atomic E-state index is 12.9. The van der Waals surface area contributed by atoms with Crippen molar-refractivity contribution >= 4 is 11.9 Å². The number of benzene rings is 2. The van der Waals surface area contributed by atoms with Gasteiger partial charge in [0.2, 0.25) is 0 Å². The molecule has 0 heterocycles. The standard InChI is InChI=1S/C23H29NO6/c1-6-29-20-12-9-17(13-21(20)28-5)23(26)24-19(14-22(25)30-15(2)3)16-7-10-18(27-4)11-8-16/h7-13,15,19H,6,14H2,1-5H3,(H,24,26). The fourth-order valence-electron chi connectivity index (χ4n) is 2.89. The van der Waals surface area contributed by atoms with Crippen LogP contribution in [-0.4, -0.2) is 38.8 Å². The van der Waals surface area contributed by atoms with Gasteiger partial charge < -0.3 is 24.3 Å². The highest BCUT2D eigenvalue weighted by Gasteiger charge is 2.22. The number of hydrogen-bond acceptors (Lipinski definition) is 6. The Morgan fingerprint density at radius 2 is 1.67 bits per heavy atom. The number of ether oxygens (including phenoxy) is 4. The van der Waals surface area contributed by atoms with Gasteiger partial charge in [-0.3, -0.25) is 9.59 Å². The van der Waals surface area contributed by atoms with E-state index in [-0.39, 0.29) is 18.4 Å². The third kappa shape index (κ3) is 6.40. The van der Waals surface area contributed by atoms with E-state index in [9.17, 15) is 9.59 Å². The molecule has 0 aromatic heterocycles. The first kappa shape index (κ1) is 23.1. The third-order valence-corrected chi connectivity index (χ3v) is 4.29. The number of hydrogen-bond donors (Lipinski definition) is 1. The molecule has 2 rings (SSSR count). The average molecular weight is 415 g/mol. The van der Waals surface area contributed by atoms with Gasteiger partial charge in [-0.15, -0.1) is 0 Å². The molecule has 0 saturated carbocycles. The first-order valence-corrected chi connectivity index (χ1v) is 9.83. The normalized spacial score (nSPS) is 11.5. The summed E-state index contributed by atoms with van der Waals surface area (Å²) in [6.45, 7) is 5.92. The Morgan fingerprint density at radius 1 is 0.967 bits per heavy atom. The van der Waals surface area contributed by atoms with E-state index in [1.807, 2.05) is 19.1 Å². The van der Waals surface area contributed by atoms with E-state index in [0.717, 1.165) is 5.56 Å². The zero-order valence-corrected chi connectivity index (χ0v) is 18.1. The Bertz CT molecular complexity index is 847. The average Bonchev–Trinajstić information content (AvgIpc) is 2.73. The summed E-state index contributed by atoms with van der Waals surface area (Å²) in [4.78, 5) is 25.2. The summed E-state index contributed by atoms with van der Waals surface area (Å²) in [5, 5.41) is 2.92. The number of carbonyl (C=O) groups is 2. The lowest BCUT2D eigenvalue weighted by atomic mass is 10.0. The molecule has 1 N–H and O–H groups in total. The second-order valence-corrected chi connectivity index (χ2v) is 6.84. The van der Waals surface area contributed by atoms with Crippen molar-refractivity contribution in [3.05, 3.63) is 53.6 Å². The van der Waals surface area contributed by atoms with Crippen LogP contribution < -0.4 is 19.5 Å². The summed E-state index contributed by atoms with van der Waals surface area (Å²) < 4.78 is 21.3. The number of esters is 1. The molecule has 0 spiro atoms. The summed E-state index contributed by atoms with van der Waals surface area (Å²) in [6.07, 6.45) is -0.232. The smallest absolute Gasteiger partial charge is 0.308 e. The van der Waals surface area contributed by atoms with Crippen molar-refractivity contribution in [2.45, 2.75) is 39.3 Å². The molecule has 162 valence electrons. The number of rotatable bonds is 10. The molecule has 0 aliphatic heterocycles. The van der Waals surface area contributed by atoms with Crippen molar-refractivity contribution in [2.24, 2.45) is 0 Å². The summed E-state index contributed by atoms with van der Waals surface area (Å²) in [7, 11) is 3.09. The Balaban J connectivity index is 2.25. The van der Waals surface area contributed by atoms with Gasteiger partial charge in [0.05, 0.1) is 39.4 Å². The maximum absolute atomic E-state index is 12.9. The fraction of sp³-hybridized carbons (Fsp3) is 0.391. The molecule has 7 nitrogen and oxygen atoms in total. The van der Waals surface area contributed by atoms with Crippen LogP contribution in [0.2, 0.25) is 0 Å². The zero-order chi connectivity index (χ0) is 22.1. The van der Waals surface area contributed by atoms with E-state index >= 15 is 0 Å². The van der Waals surface area contributed by atoms with Crippen molar-refractivity contribution in [2.75, 3.05) is 20.8 Å². The van der Waals surface area contributed by atoms with Gasteiger partial charge in [-0.25, -0.2) is 0 Å². The molecule has 1 atom stereocenters. The van der Waals surface area contributed by atoms with Crippen molar-refractivity contribution in [3.8, 4) is 17.2 Å². The molecule has 0 aliphatic carbocycles. The Labute approximate surface area is 177 Å². The number of nitrogens with one attached hydrogen (secondary N) is 1. The van der Waals surface area contributed by atoms with Crippen molar-refractivity contribution in [3.63, 3.8) is 0 Å². The molecule has 2 aromatic rings. The fourth-order valence-corrected chi connectivity index (χ4v) is 2.89. The molecule has 1 unspecified atom stereocenters. The lowest BCUT2D eigenvalue weighted by Gasteiger charge is -2.20. The predicted octanol–water partition coefficient (Wildman–Crippen LogP) is 3.92. The largest absolute Gasteiger partial charge is 0.497 e. The van der Waals surface area contributed by atoms with Gasteiger partial charge in [-0.2, -0.15) is 0 Å². The van der Waals surface area contributed by atoms with Gasteiger partial charge in [0, 0.05) is 5.56 Å². The number of methoxy groups -OCH3 is 2. The van der Waals surface area contributed by atoms with Crippen molar-refractivity contribution in [1.29, 1.82) is 0 Å². The van der Waals surface area contributed by atoms with Crippen molar-refractivity contribution < 1.29 is 28.5 Å². The van der Waals surface area contributed by atoms with Crippen LogP contribution in [0, 0.1) is 0 Å². The minimum atomic E-state index is -0.563. The van der Waals surface area contributed by atoms with E-state index in [1.54, 1.807) is 51.3 Å². The highest BCUT2D eigenvalue weighted by Crippen LogP contribution is 2.29. The van der Waals surface area contributed by atoms with Crippen LogP contribution in [0.3, 0.4) is 0 Å².